The molecule has 0 aliphatic carbocycles. The Morgan fingerprint density at radius 2 is 1.71 bits per heavy atom. The molecule has 1 saturated heterocycles. The van der Waals surface area contributed by atoms with E-state index < -0.39 is 38.7 Å². The number of halogens is 1. The third-order valence-corrected chi connectivity index (χ3v) is 7.07. The molecule has 0 bridgehead atoms. The zero-order valence-electron chi connectivity index (χ0n) is 17.1. The number of carbonyl (C=O) groups is 2. The van der Waals surface area contributed by atoms with Crippen LogP contribution in [0, 0.1) is 5.82 Å². The van der Waals surface area contributed by atoms with Crippen molar-refractivity contribution in [2.45, 2.75) is 37.1 Å². The number of carbonyl (C=O) groups excluding carboxylic acids is 2. The van der Waals surface area contributed by atoms with E-state index in [9.17, 15) is 22.4 Å². The van der Waals surface area contributed by atoms with Crippen molar-refractivity contribution in [1.29, 1.82) is 0 Å². The second-order valence-corrected chi connectivity index (χ2v) is 9.32. The number of sulfonamides is 1. The third kappa shape index (κ3) is 5.39. The molecule has 0 aromatic heterocycles. The highest BCUT2D eigenvalue weighted by molar-refractivity contribution is 7.89. The Morgan fingerprint density at radius 1 is 1.06 bits per heavy atom. The maximum atomic E-state index is 14.4. The number of nitrogens with two attached hydrogens (primary N) is 1. The molecule has 3 rings (SSSR count). The van der Waals surface area contributed by atoms with E-state index in [1.807, 2.05) is 0 Å². The Kier molecular flexibility index (Phi) is 6.91. The summed E-state index contributed by atoms with van der Waals surface area (Å²) in [5, 5.41) is 5.21. The van der Waals surface area contributed by atoms with Gasteiger partial charge < -0.3 is 16.4 Å². The first kappa shape index (κ1) is 22.7. The highest BCUT2D eigenvalue weighted by Gasteiger charge is 2.29. The number of urea groups is 1. The molecule has 10 heteroatoms. The van der Waals surface area contributed by atoms with Crippen LogP contribution >= 0.6 is 0 Å². The molecule has 1 fully saturated rings. The lowest BCUT2D eigenvalue weighted by Crippen LogP contribution is -2.36. The van der Waals surface area contributed by atoms with E-state index in [2.05, 4.69) is 10.6 Å². The van der Waals surface area contributed by atoms with E-state index in [-0.39, 0.29) is 5.56 Å². The van der Waals surface area contributed by atoms with Crippen LogP contribution in [0.2, 0.25) is 0 Å². The predicted molar refractivity (Wildman–Crippen MR) is 115 cm³/mol. The van der Waals surface area contributed by atoms with Crippen molar-refractivity contribution < 1.29 is 22.4 Å². The number of hydrogen-bond acceptors (Lipinski definition) is 4. The highest BCUT2D eigenvalue weighted by atomic mass is 32.2. The Balaban J connectivity index is 1.76. The zero-order valence-corrected chi connectivity index (χ0v) is 17.9. The fourth-order valence-electron chi connectivity index (χ4n) is 3.45. The zero-order chi connectivity index (χ0) is 22.6. The Bertz CT molecular complexity index is 1070. The van der Waals surface area contributed by atoms with Crippen molar-refractivity contribution in [2.24, 2.45) is 5.73 Å². The summed E-state index contributed by atoms with van der Waals surface area (Å²) in [6, 6.07) is 8.96. The first-order chi connectivity index (χ1) is 14.7. The minimum absolute atomic E-state index is 0.0517. The van der Waals surface area contributed by atoms with Crippen LogP contribution in [0.1, 0.15) is 48.1 Å². The topological polar surface area (TPSA) is 122 Å². The second-order valence-electron chi connectivity index (χ2n) is 7.42. The lowest BCUT2D eigenvalue weighted by molar-refractivity contribution is 0.0939. The monoisotopic (exact) mass is 448 g/mol. The number of amides is 3. The lowest BCUT2D eigenvalue weighted by atomic mass is 10.1. The number of primary amides is 1. The fraction of sp³-hybridized carbons (Fsp3) is 0.333. The van der Waals surface area contributed by atoms with E-state index in [0.29, 0.717) is 18.8 Å². The maximum Gasteiger partial charge on any atom is 0.316 e. The molecule has 8 nitrogen and oxygen atoms in total. The van der Waals surface area contributed by atoms with Crippen LogP contribution in [0.3, 0.4) is 0 Å². The van der Waals surface area contributed by atoms with Crippen LogP contribution in [0.5, 0.6) is 0 Å². The summed E-state index contributed by atoms with van der Waals surface area (Å²) < 4.78 is 41.3. The van der Waals surface area contributed by atoms with E-state index in [1.54, 1.807) is 31.2 Å². The van der Waals surface area contributed by atoms with Gasteiger partial charge in [0, 0.05) is 24.3 Å². The number of anilines is 1. The van der Waals surface area contributed by atoms with E-state index in [1.165, 1.54) is 10.4 Å². The van der Waals surface area contributed by atoms with Gasteiger partial charge in [-0.1, -0.05) is 18.6 Å². The number of nitrogens with one attached hydrogen (secondary N) is 2. The normalized spacial score (nSPS) is 15.8. The van der Waals surface area contributed by atoms with Crippen LogP contribution in [0.25, 0.3) is 0 Å². The van der Waals surface area contributed by atoms with E-state index in [0.717, 1.165) is 37.0 Å². The van der Waals surface area contributed by atoms with Gasteiger partial charge in [0.2, 0.25) is 10.0 Å². The molecule has 2 aromatic rings. The molecule has 1 atom stereocenters. The van der Waals surface area contributed by atoms with Crippen LogP contribution in [0.4, 0.5) is 14.9 Å². The van der Waals surface area contributed by atoms with Gasteiger partial charge in [0.15, 0.2) is 0 Å². The van der Waals surface area contributed by atoms with Gasteiger partial charge in [-0.15, -0.1) is 0 Å². The largest absolute Gasteiger partial charge is 0.351 e. The van der Waals surface area contributed by atoms with Crippen LogP contribution in [-0.2, 0) is 10.0 Å². The molecule has 166 valence electrons. The molecular formula is C21H25FN4O4S. The summed E-state index contributed by atoms with van der Waals surface area (Å²) in [7, 11) is -4.01. The number of hydrogen-bond donors (Lipinski definition) is 3. The Morgan fingerprint density at radius 3 is 2.32 bits per heavy atom. The SMILES string of the molecule is CC(NC(=O)c1ccc(F)c(S(=O)(=O)N2CCCCC2)c1)c1ccc(NC(N)=O)cc1. The summed E-state index contributed by atoms with van der Waals surface area (Å²) >= 11 is 0. The van der Waals surface area contributed by atoms with Gasteiger partial charge >= 0.3 is 6.03 Å². The molecule has 1 unspecified atom stereocenters. The van der Waals surface area contributed by atoms with Crippen LogP contribution in [0.15, 0.2) is 47.4 Å². The maximum absolute atomic E-state index is 14.4. The van der Waals surface area contributed by atoms with Gasteiger partial charge in [-0.05, 0) is 55.7 Å². The average molecular weight is 449 g/mol. The van der Waals surface area contributed by atoms with E-state index in [4.69, 9.17) is 5.73 Å². The van der Waals surface area contributed by atoms with Gasteiger partial charge in [0.25, 0.3) is 5.91 Å². The minimum Gasteiger partial charge on any atom is -0.351 e. The molecule has 1 aliphatic rings. The molecule has 1 heterocycles. The molecule has 2 aromatic carbocycles. The van der Waals surface area contributed by atoms with Gasteiger partial charge in [-0.25, -0.2) is 17.6 Å². The number of benzene rings is 2. The first-order valence-corrected chi connectivity index (χ1v) is 11.4. The molecule has 1 aliphatic heterocycles. The summed E-state index contributed by atoms with van der Waals surface area (Å²) in [6.07, 6.45) is 2.40. The van der Waals surface area contributed by atoms with Crippen molar-refractivity contribution in [1.82, 2.24) is 9.62 Å². The molecule has 0 spiro atoms. The quantitative estimate of drug-likeness (QED) is 0.629. The standard InChI is InChI=1S/C21H25FN4O4S/c1-14(15-5-8-17(9-6-15)25-21(23)28)24-20(27)16-7-10-18(22)19(13-16)31(29,30)26-11-3-2-4-12-26/h5-10,13-14H,2-4,11-12H2,1H3,(H,24,27)(H3,23,25,28). The van der Waals surface area contributed by atoms with Crippen molar-refractivity contribution in [3.05, 3.63) is 59.4 Å². The molecule has 3 amide bonds. The Hall–Kier alpha value is -2.98. The summed E-state index contributed by atoms with van der Waals surface area (Å²) in [5.74, 6) is -1.41. The molecular weight excluding hydrogens is 423 g/mol. The minimum atomic E-state index is -4.01. The van der Waals surface area contributed by atoms with E-state index >= 15 is 0 Å². The van der Waals surface area contributed by atoms with Gasteiger partial charge in [0.1, 0.15) is 10.7 Å². The van der Waals surface area contributed by atoms with Crippen LogP contribution in [-0.4, -0.2) is 37.8 Å². The molecule has 31 heavy (non-hydrogen) atoms. The molecule has 4 N–H and O–H groups in total. The van der Waals surface area contributed by atoms with Crippen molar-refractivity contribution in [3.8, 4) is 0 Å². The van der Waals surface area contributed by atoms with Gasteiger partial charge in [-0.2, -0.15) is 4.31 Å². The Labute approximate surface area is 180 Å². The summed E-state index contributed by atoms with van der Waals surface area (Å²) in [4.78, 5) is 23.1. The number of rotatable bonds is 6. The second kappa shape index (κ2) is 9.44. The fourth-order valence-corrected chi connectivity index (χ4v) is 5.05. The summed E-state index contributed by atoms with van der Waals surface area (Å²) in [5.41, 5.74) is 6.40. The highest BCUT2D eigenvalue weighted by Crippen LogP contribution is 2.24. The lowest BCUT2D eigenvalue weighted by Gasteiger charge is -2.26. The molecule has 0 saturated carbocycles. The van der Waals surface area contributed by atoms with Gasteiger partial charge in [-0.3, -0.25) is 4.79 Å². The summed E-state index contributed by atoms with van der Waals surface area (Å²) in [6.45, 7) is 2.44. The van der Waals surface area contributed by atoms with Crippen molar-refractivity contribution in [3.63, 3.8) is 0 Å². The third-order valence-electron chi connectivity index (χ3n) is 5.15. The van der Waals surface area contributed by atoms with Gasteiger partial charge in [0.05, 0.1) is 6.04 Å². The number of nitrogens with zero attached hydrogens (tertiary/aromatic N) is 1. The first-order valence-electron chi connectivity index (χ1n) is 9.95. The van der Waals surface area contributed by atoms with Crippen molar-refractivity contribution in [2.75, 3.05) is 18.4 Å². The average Bonchev–Trinajstić information content (AvgIpc) is 2.74. The molecule has 0 radical (unpaired) electrons. The van der Waals surface area contributed by atoms with Crippen LogP contribution < -0.4 is 16.4 Å². The van der Waals surface area contributed by atoms with Crippen molar-refractivity contribution >= 4 is 27.6 Å². The predicted octanol–water partition coefficient (Wildman–Crippen LogP) is 2.98. The smallest absolute Gasteiger partial charge is 0.316 e. The number of piperidine rings is 1.